The first-order valence-electron chi connectivity index (χ1n) is 9.40. The van der Waals surface area contributed by atoms with Gasteiger partial charge in [0.1, 0.15) is 22.6 Å². The lowest BCUT2D eigenvalue weighted by atomic mass is 10.1. The molecule has 0 aliphatic carbocycles. The van der Waals surface area contributed by atoms with Gasteiger partial charge < -0.3 is 9.15 Å². The Hall–Kier alpha value is -3.48. The molecule has 0 saturated carbocycles. The quantitative estimate of drug-likeness (QED) is 0.241. The molecule has 0 unspecified atom stereocenters. The molecule has 3 aromatic carbocycles. The summed E-state index contributed by atoms with van der Waals surface area (Å²) in [6.07, 6.45) is 1.42. The van der Waals surface area contributed by atoms with Gasteiger partial charge in [0.2, 0.25) is 5.43 Å². The average molecular weight is 448 g/mol. The number of esters is 1. The van der Waals surface area contributed by atoms with Gasteiger partial charge >= 0.3 is 5.97 Å². The SMILES string of the molecule is Cc1c(OC(=O)c2ccc(Cl)cc2)ccc2c(=O)c(-c3nc4ccccc4s3)coc12. The third-order valence-electron chi connectivity index (χ3n) is 4.95. The lowest BCUT2D eigenvalue weighted by molar-refractivity contribution is 0.0733. The third-order valence-corrected chi connectivity index (χ3v) is 6.27. The van der Waals surface area contributed by atoms with Gasteiger partial charge in [-0.2, -0.15) is 0 Å². The number of carbonyl (C=O) groups excluding carboxylic acids is 1. The van der Waals surface area contributed by atoms with Crippen molar-refractivity contribution >= 4 is 50.1 Å². The number of aromatic nitrogens is 1. The molecule has 0 aliphatic rings. The Bertz CT molecular complexity index is 1490. The topological polar surface area (TPSA) is 69.4 Å². The van der Waals surface area contributed by atoms with E-state index in [1.54, 1.807) is 43.3 Å². The van der Waals surface area contributed by atoms with E-state index in [0.717, 1.165) is 10.2 Å². The van der Waals surface area contributed by atoms with E-state index >= 15 is 0 Å². The first kappa shape index (κ1) is 19.5. The van der Waals surface area contributed by atoms with Crippen molar-refractivity contribution in [3.05, 3.63) is 93.3 Å². The molecular weight excluding hydrogens is 434 g/mol. The van der Waals surface area contributed by atoms with Gasteiger partial charge in [0, 0.05) is 10.6 Å². The second-order valence-corrected chi connectivity index (χ2v) is 8.39. The fourth-order valence-corrected chi connectivity index (χ4v) is 4.40. The smallest absolute Gasteiger partial charge is 0.343 e. The Morgan fingerprint density at radius 2 is 1.84 bits per heavy atom. The van der Waals surface area contributed by atoms with Crippen molar-refractivity contribution in [2.45, 2.75) is 6.92 Å². The molecule has 5 nitrogen and oxygen atoms in total. The van der Waals surface area contributed by atoms with Gasteiger partial charge in [-0.25, -0.2) is 9.78 Å². The van der Waals surface area contributed by atoms with Crippen molar-refractivity contribution in [2.24, 2.45) is 0 Å². The zero-order chi connectivity index (χ0) is 21.5. The number of thiazole rings is 1. The van der Waals surface area contributed by atoms with E-state index in [1.165, 1.54) is 17.6 Å². The summed E-state index contributed by atoms with van der Waals surface area (Å²) in [4.78, 5) is 30.1. The van der Waals surface area contributed by atoms with Gasteiger partial charge in [0.15, 0.2) is 0 Å². The molecule has 5 rings (SSSR count). The summed E-state index contributed by atoms with van der Waals surface area (Å²) >= 11 is 7.30. The molecule has 0 aliphatic heterocycles. The van der Waals surface area contributed by atoms with Gasteiger partial charge in [-0.05, 0) is 55.5 Å². The number of carbonyl (C=O) groups is 1. The molecule has 2 aromatic heterocycles. The second-order valence-electron chi connectivity index (χ2n) is 6.93. The highest BCUT2D eigenvalue weighted by atomic mass is 35.5. The standard InChI is InChI=1S/C24H14ClNO4S/c1-13-19(30-24(28)14-6-8-15(25)9-7-14)11-10-16-21(27)17(12-29-22(13)16)23-26-18-4-2-3-5-20(18)31-23/h2-12H,1H3. The second kappa shape index (κ2) is 7.65. The maximum Gasteiger partial charge on any atom is 0.343 e. The van der Waals surface area contributed by atoms with Gasteiger partial charge in [0.25, 0.3) is 0 Å². The predicted molar refractivity (Wildman–Crippen MR) is 122 cm³/mol. The van der Waals surface area contributed by atoms with Crippen LogP contribution in [-0.2, 0) is 0 Å². The number of halogens is 1. The van der Waals surface area contributed by atoms with Crippen molar-refractivity contribution in [2.75, 3.05) is 0 Å². The number of para-hydroxylation sites is 1. The zero-order valence-corrected chi connectivity index (χ0v) is 17.8. The highest BCUT2D eigenvalue weighted by molar-refractivity contribution is 7.21. The van der Waals surface area contributed by atoms with E-state index in [1.807, 2.05) is 24.3 Å². The fraction of sp³-hybridized carbons (Fsp3) is 0.0417. The summed E-state index contributed by atoms with van der Waals surface area (Å²) < 4.78 is 12.3. The Kier molecular flexibility index (Phi) is 4.81. The number of rotatable bonds is 3. The molecule has 5 aromatic rings. The summed E-state index contributed by atoms with van der Waals surface area (Å²) in [5.41, 5.74) is 2.36. The van der Waals surface area contributed by atoms with Crippen LogP contribution in [0.2, 0.25) is 5.02 Å². The molecule has 0 fully saturated rings. The number of benzene rings is 3. The largest absolute Gasteiger partial charge is 0.463 e. The van der Waals surface area contributed by atoms with Crippen molar-refractivity contribution in [3.63, 3.8) is 0 Å². The Labute approximate surface area is 185 Å². The highest BCUT2D eigenvalue weighted by Gasteiger charge is 2.18. The summed E-state index contributed by atoms with van der Waals surface area (Å²) in [5, 5.41) is 1.54. The summed E-state index contributed by atoms with van der Waals surface area (Å²) in [5.74, 6) is -0.198. The van der Waals surface area contributed by atoms with Gasteiger partial charge in [-0.15, -0.1) is 11.3 Å². The molecule has 31 heavy (non-hydrogen) atoms. The Morgan fingerprint density at radius 1 is 1.06 bits per heavy atom. The average Bonchev–Trinajstić information content (AvgIpc) is 3.20. The molecule has 0 radical (unpaired) electrons. The van der Waals surface area contributed by atoms with Crippen LogP contribution in [0.4, 0.5) is 0 Å². The molecule has 7 heteroatoms. The normalized spacial score (nSPS) is 11.2. The van der Waals surface area contributed by atoms with Crippen LogP contribution in [0, 0.1) is 6.92 Å². The molecule has 0 N–H and O–H groups in total. The van der Waals surface area contributed by atoms with E-state index in [0.29, 0.717) is 43.4 Å². The Morgan fingerprint density at radius 3 is 2.61 bits per heavy atom. The molecule has 0 spiro atoms. The van der Waals surface area contributed by atoms with Crippen LogP contribution in [0.3, 0.4) is 0 Å². The van der Waals surface area contributed by atoms with Crippen LogP contribution < -0.4 is 10.2 Å². The minimum atomic E-state index is -0.521. The van der Waals surface area contributed by atoms with Crippen LogP contribution in [0.15, 0.2) is 76.1 Å². The molecule has 0 bridgehead atoms. The molecule has 152 valence electrons. The van der Waals surface area contributed by atoms with Crippen molar-refractivity contribution in [3.8, 4) is 16.3 Å². The van der Waals surface area contributed by atoms with E-state index in [2.05, 4.69) is 4.98 Å². The van der Waals surface area contributed by atoms with Crippen LogP contribution in [0.1, 0.15) is 15.9 Å². The van der Waals surface area contributed by atoms with Gasteiger partial charge in [-0.1, -0.05) is 23.7 Å². The predicted octanol–water partition coefficient (Wildman–Crippen LogP) is 6.25. The molecule has 0 amide bonds. The zero-order valence-electron chi connectivity index (χ0n) is 16.2. The first-order chi connectivity index (χ1) is 15.0. The lowest BCUT2D eigenvalue weighted by Crippen LogP contribution is -2.10. The number of aryl methyl sites for hydroxylation is 1. The molecule has 0 atom stereocenters. The summed E-state index contributed by atoms with van der Waals surface area (Å²) in [7, 11) is 0. The number of hydrogen-bond donors (Lipinski definition) is 0. The monoisotopic (exact) mass is 447 g/mol. The van der Waals surface area contributed by atoms with Gasteiger partial charge in [-0.3, -0.25) is 4.79 Å². The van der Waals surface area contributed by atoms with Crippen LogP contribution in [-0.4, -0.2) is 11.0 Å². The number of ether oxygens (including phenoxy) is 1. The highest BCUT2D eigenvalue weighted by Crippen LogP contribution is 2.32. The van der Waals surface area contributed by atoms with E-state index < -0.39 is 5.97 Å². The van der Waals surface area contributed by atoms with Crippen LogP contribution in [0.25, 0.3) is 31.8 Å². The van der Waals surface area contributed by atoms with Crippen molar-refractivity contribution < 1.29 is 13.9 Å². The first-order valence-corrected chi connectivity index (χ1v) is 10.6. The maximum absolute atomic E-state index is 13.1. The fourth-order valence-electron chi connectivity index (χ4n) is 3.31. The number of nitrogens with zero attached hydrogens (tertiary/aromatic N) is 1. The molecule has 2 heterocycles. The number of hydrogen-bond acceptors (Lipinski definition) is 6. The maximum atomic E-state index is 13.1. The minimum absolute atomic E-state index is 0.181. The van der Waals surface area contributed by atoms with Crippen LogP contribution >= 0.6 is 22.9 Å². The van der Waals surface area contributed by atoms with Crippen molar-refractivity contribution in [1.29, 1.82) is 0 Å². The van der Waals surface area contributed by atoms with E-state index in [4.69, 9.17) is 20.8 Å². The number of fused-ring (bicyclic) bond motifs is 2. The molecule has 0 saturated heterocycles. The van der Waals surface area contributed by atoms with Crippen molar-refractivity contribution in [1.82, 2.24) is 4.98 Å². The Balaban J connectivity index is 1.53. The summed E-state index contributed by atoms with van der Waals surface area (Å²) in [6, 6.07) is 17.3. The van der Waals surface area contributed by atoms with E-state index in [-0.39, 0.29) is 5.43 Å². The lowest BCUT2D eigenvalue weighted by Gasteiger charge is -2.09. The third kappa shape index (κ3) is 3.50. The van der Waals surface area contributed by atoms with E-state index in [9.17, 15) is 9.59 Å². The van der Waals surface area contributed by atoms with Crippen LogP contribution in [0.5, 0.6) is 5.75 Å². The minimum Gasteiger partial charge on any atom is -0.463 e. The van der Waals surface area contributed by atoms with Gasteiger partial charge in [0.05, 0.1) is 26.7 Å². The summed E-state index contributed by atoms with van der Waals surface area (Å²) in [6.45, 7) is 1.74. The molecular formula is C24H14ClNO4S.